The van der Waals surface area contributed by atoms with E-state index >= 15 is 0 Å². The van der Waals surface area contributed by atoms with Gasteiger partial charge < -0.3 is 9.64 Å². The van der Waals surface area contributed by atoms with Crippen LogP contribution in [0.25, 0.3) is 0 Å². The Kier molecular flexibility index (Phi) is 4.67. The molecule has 4 nitrogen and oxygen atoms in total. The normalized spacial score (nSPS) is 22.9. The number of benzene rings is 2. The molecule has 2 atom stereocenters. The van der Waals surface area contributed by atoms with Gasteiger partial charge >= 0.3 is 0 Å². The smallest absolute Gasteiger partial charge is 0.249 e. The number of hydrogen-bond donors (Lipinski definition) is 0. The van der Waals surface area contributed by atoms with Crippen LogP contribution in [0.3, 0.4) is 0 Å². The van der Waals surface area contributed by atoms with Gasteiger partial charge in [0.15, 0.2) is 0 Å². The lowest BCUT2D eigenvalue weighted by molar-refractivity contribution is -0.159. The number of morpholine rings is 1. The maximum atomic E-state index is 12.6. The zero-order valence-corrected chi connectivity index (χ0v) is 15.0. The molecule has 0 spiro atoms. The Morgan fingerprint density at radius 1 is 1.15 bits per heavy atom. The number of carbonyl (C=O) groups excluding carboxylic acids is 1. The molecule has 2 aliphatic rings. The summed E-state index contributed by atoms with van der Waals surface area (Å²) in [5.74, 6) is 0.600. The summed E-state index contributed by atoms with van der Waals surface area (Å²) in [7, 11) is 0. The SMILES string of the molecule is N#Cc1cccc([C@@H]2OCC(=O)N(CC3CC3)[C@@H]2c2ccc(Cl)cc2)c1. The third kappa shape index (κ3) is 3.46. The summed E-state index contributed by atoms with van der Waals surface area (Å²) in [6.45, 7) is 0.822. The number of rotatable bonds is 4. The van der Waals surface area contributed by atoms with Crippen LogP contribution in [0, 0.1) is 17.2 Å². The highest BCUT2D eigenvalue weighted by Crippen LogP contribution is 2.43. The quantitative estimate of drug-likeness (QED) is 0.812. The van der Waals surface area contributed by atoms with Gasteiger partial charge in [0.1, 0.15) is 12.7 Å². The van der Waals surface area contributed by atoms with Gasteiger partial charge in [-0.3, -0.25) is 4.79 Å². The Balaban J connectivity index is 1.75. The van der Waals surface area contributed by atoms with Crippen molar-refractivity contribution in [3.63, 3.8) is 0 Å². The number of carbonyl (C=O) groups is 1. The molecule has 0 unspecified atom stereocenters. The van der Waals surface area contributed by atoms with Crippen LogP contribution in [-0.4, -0.2) is 24.0 Å². The fourth-order valence-electron chi connectivity index (χ4n) is 3.53. The summed E-state index contributed by atoms with van der Waals surface area (Å²) >= 11 is 6.06. The van der Waals surface area contributed by atoms with Crippen LogP contribution < -0.4 is 0 Å². The molecule has 1 heterocycles. The molecule has 1 aliphatic heterocycles. The van der Waals surface area contributed by atoms with Crippen molar-refractivity contribution in [1.82, 2.24) is 4.90 Å². The first-order chi connectivity index (χ1) is 12.7. The number of nitriles is 1. The molecule has 2 fully saturated rings. The molecule has 5 heteroatoms. The third-order valence-electron chi connectivity index (χ3n) is 5.04. The summed E-state index contributed by atoms with van der Waals surface area (Å²) in [5.41, 5.74) is 2.50. The minimum Gasteiger partial charge on any atom is -0.361 e. The van der Waals surface area contributed by atoms with E-state index in [0.29, 0.717) is 16.5 Å². The topological polar surface area (TPSA) is 53.3 Å². The second-order valence-corrected chi connectivity index (χ2v) is 7.39. The zero-order chi connectivity index (χ0) is 18.1. The van der Waals surface area contributed by atoms with Crippen LogP contribution in [0.1, 0.15) is 41.7 Å². The lowest BCUT2D eigenvalue weighted by atomic mass is 9.91. The second kappa shape index (κ2) is 7.11. The van der Waals surface area contributed by atoms with Crippen LogP contribution in [-0.2, 0) is 9.53 Å². The lowest BCUT2D eigenvalue weighted by Gasteiger charge is -2.41. The van der Waals surface area contributed by atoms with Crippen molar-refractivity contribution in [3.8, 4) is 6.07 Å². The van der Waals surface area contributed by atoms with Gasteiger partial charge in [-0.1, -0.05) is 35.9 Å². The minimum absolute atomic E-state index is 0.0181. The molecular weight excluding hydrogens is 348 g/mol. The zero-order valence-electron chi connectivity index (χ0n) is 14.3. The number of amides is 1. The van der Waals surface area contributed by atoms with Gasteiger partial charge in [0.2, 0.25) is 5.91 Å². The Hall–Kier alpha value is -2.35. The first-order valence-corrected chi connectivity index (χ1v) is 9.20. The van der Waals surface area contributed by atoms with Crippen LogP contribution >= 0.6 is 11.6 Å². The van der Waals surface area contributed by atoms with Gasteiger partial charge in [-0.25, -0.2) is 0 Å². The van der Waals surface area contributed by atoms with E-state index in [0.717, 1.165) is 17.7 Å². The summed E-state index contributed by atoms with van der Waals surface area (Å²) in [5, 5.41) is 9.89. The fourth-order valence-corrected chi connectivity index (χ4v) is 3.65. The molecule has 1 aliphatic carbocycles. The van der Waals surface area contributed by atoms with E-state index in [4.69, 9.17) is 16.3 Å². The number of halogens is 1. The Morgan fingerprint density at radius 3 is 2.62 bits per heavy atom. The van der Waals surface area contributed by atoms with Crippen molar-refractivity contribution >= 4 is 17.5 Å². The van der Waals surface area contributed by atoms with E-state index in [1.54, 1.807) is 6.07 Å². The second-order valence-electron chi connectivity index (χ2n) is 6.95. The van der Waals surface area contributed by atoms with Gasteiger partial charge in [-0.05, 0) is 54.2 Å². The van der Waals surface area contributed by atoms with E-state index in [1.165, 1.54) is 12.8 Å². The summed E-state index contributed by atoms with van der Waals surface area (Å²) in [6.07, 6.45) is 2.04. The van der Waals surface area contributed by atoms with Crippen molar-refractivity contribution in [2.45, 2.75) is 25.0 Å². The van der Waals surface area contributed by atoms with Gasteiger partial charge in [-0.15, -0.1) is 0 Å². The van der Waals surface area contributed by atoms with Crippen LogP contribution in [0.4, 0.5) is 0 Å². The molecule has 2 aromatic rings. The standard InChI is InChI=1S/C21H19ClN2O2/c22-18-8-6-16(7-9-18)20-21(17-3-1-2-15(10-17)11-23)26-13-19(25)24(20)12-14-4-5-14/h1-3,6-10,14,20-21H,4-5,12-13H2/t20-,21+/m1/s1. The Labute approximate surface area is 157 Å². The van der Waals surface area contributed by atoms with E-state index in [1.807, 2.05) is 47.4 Å². The number of ether oxygens (including phenoxy) is 1. The van der Waals surface area contributed by atoms with Crippen molar-refractivity contribution in [2.75, 3.05) is 13.2 Å². The van der Waals surface area contributed by atoms with Crippen LogP contribution in [0.15, 0.2) is 48.5 Å². The van der Waals surface area contributed by atoms with Crippen molar-refractivity contribution in [2.24, 2.45) is 5.92 Å². The highest BCUT2D eigenvalue weighted by molar-refractivity contribution is 6.30. The molecule has 1 saturated carbocycles. The highest BCUT2D eigenvalue weighted by Gasteiger charge is 2.41. The fraction of sp³-hybridized carbons (Fsp3) is 0.333. The van der Waals surface area contributed by atoms with E-state index in [-0.39, 0.29) is 24.7 Å². The van der Waals surface area contributed by atoms with Gasteiger partial charge in [0.05, 0.1) is 17.7 Å². The minimum atomic E-state index is -0.305. The maximum absolute atomic E-state index is 12.6. The highest BCUT2D eigenvalue weighted by atomic mass is 35.5. The summed E-state index contributed by atoms with van der Waals surface area (Å²) in [4.78, 5) is 14.6. The monoisotopic (exact) mass is 366 g/mol. The first-order valence-electron chi connectivity index (χ1n) is 8.82. The predicted octanol–water partition coefficient (Wildman–Crippen LogP) is 4.26. The molecule has 4 rings (SSSR count). The van der Waals surface area contributed by atoms with E-state index in [9.17, 15) is 10.1 Å². The van der Waals surface area contributed by atoms with Crippen LogP contribution in [0.2, 0.25) is 5.02 Å². The summed E-state index contributed by atoms with van der Waals surface area (Å²) in [6, 6.07) is 17.0. The molecule has 0 radical (unpaired) electrons. The van der Waals surface area contributed by atoms with Crippen molar-refractivity contribution in [3.05, 3.63) is 70.2 Å². The number of hydrogen-bond acceptors (Lipinski definition) is 3. The molecule has 1 amide bonds. The molecule has 0 aromatic heterocycles. The maximum Gasteiger partial charge on any atom is 0.249 e. The van der Waals surface area contributed by atoms with Gasteiger partial charge in [0.25, 0.3) is 0 Å². The Morgan fingerprint density at radius 2 is 1.92 bits per heavy atom. The molecule has 132 valence electrons. The molecular formula is C21H19ClN2O2. The molecule has 26 heavy (non-hydrogen) atoms. The summed E-state index contributed by atoms with van der Waals surface area (Å²) < 4.78 is 5.97. The molecule has 1 saturated heterocycles. The van der Waals surface area contributed by atoms with Crippen LogP contribution in [0.5, 0.6) is 0 Å². The van der Waals surface area contributed by atoms with E-state index < -0.39 is 0 Å². The largest absolute Gasteiger partial charge is 0.361 e. The molecule has 0 bridgehead atoms. The predicted molar refractivity (Wildman–Crippen MR) is 98.5 cm³/mol. The average molecular weight is 367 g/mol. The average Bonchev–Trinajstić information content (AvgIpc) is 3.48. The number of nitrogens with zero attached hydrogens (tertiary/aromatic N) is 2. The third-order valence-corrected chi connectivity index (χ3v) is 5.29. The van der Waals surface area contributed by atoms with Crippen molar-refractivity contribution in [1.29, 1.82) is 5.26 Å². The van der Waals surface area contributed by atoms with Gasteiger partial charge in [-0.2, -0.15) is 5.26 Å². The van der Waals surface area contributed by atoms with Gasteiger partial charge in [0, 0.05) is 11.6 Å². The molecule has 2 aromatic carbocycles. The van der Waals surface area contributed by atoms with Crippen molar-refractivity contribution < 1.29 is 9.53 Å². The first kappa shape index (κ1) is 17.1. The van der Waals surface area contributed by atoms with E-state index in [2.05, 4.69) is 6.07 Å². The Bertz CT molecular complexity index is 855. The lowest BCUT2D eigenvalue weighted by Crippen LogP contribution is -2.46. The molecule has 0 N–H and O–H groups in total.